The van der Waals surface area contributed by atoms with Crippen molar-refractivity contribution in [3.8, 4) is 17.1 Å². The van der Waals surface area contributed by atoms with Crippen molar-refractivity contribution >= 4 is 61.0 Å². The van der Waals surface area contributed by atoms with E-state index in [1.165, 1.54) is 29.5 Å². The van der Waals surface area contributed by atoms with Crippen molar-refractivity contribution in [3.63, 3.8) is 0 Å². The fraction of sp³-hybridized carbons (Fsp3) is 0.419. The third-order valence-corrected chi connectivity index (χ3v) is 11.5. The largest absolute Gasteiger partial charge is 0.461 e. The molecule has 48 heavy (non-hydrogen) atoms. The van der Waals surface area contributed by atoms with E-state index in [-0.39, 0.29) is 55.7 Å². The Morgan fingerprint density at radius 3 is 2.77 bits per heavy atom. The molecule has 3 aromatic heterocycles. The summed E-state index contributed by atoms with van der Waals surface area (Å²) in [5, 5.41) is 4.52. The number of alkyl halides is 1. The van der Waals surface area contributed by atoms with Gasteiger partial charge in [-0.2, -0.15) is 19.7 Å². The summed E-state index contributed by atoms with van der Waals surface area (Å²) < 4.78 is 53.6. The fourth-order valence-electron chi connectivity index (χ4n) is 7.97. The van der Waals surface area contributed by atoms with Crippen molar-refractivity contribution in [1.82, 2.24) is 39.5 Å². The van der Waals surface area contributed by atoms with Gasteiger partial charge >= 0.3 is 12.0 Å². The van der Waals surface area contributed by atoms with E-state index in [0.717, 1.165) is 37.1 Å². The molecule has 1 amide bonds. The summed E-state index contributed by atoms with van der Waals surface area (Å²) in [6.45, 7) is 2.72. The van der Waals surface area contributed by atoms with E-state index < -0.39 is 28.9 Å². The molecule has 0 radical (unpaired) electrons. The molecule has 4 fully saturated rings. The number of benzene rings is 2. The lowest BCUT2D eigenvalue weighted by Gasteiger charge is -2.62. The molecule has 12 nitrogen and oxygen atoms in total. The van der Waals surface area contributed by atoms with Gasteiger partial charge < -0.3 is 20.3 Å². The quantitative estimate of drug-likeness (QED) is 0.271. The number of rotatable bonds is 5. The van der Waals surface area contributed by atoms with Crippen molar-refractivity contribution in [3.05, 3.63) is 47.5 Å². The molecular weight excluding hydrogens is 669 g/mol. The molecule has 17 heteroatoms. The number of fused-ring (bicyclic) bond motifs is 3. The lowest BCUT2D eigenvalue weighted by atomic mass is 9.77. The van der Waals surface area contributed by atoms with Gasteiger partial charge in [-0.25, -0.2) is 27.9 Å². The van der Waals surface area contributed by atoms with Crippen LogP contribution >= 0.6 is 22.9 Å². The number of likely N-dealkylation sites (tertiary alicyclic amines) is 1. The predicted octanol–water partition coefficient (Wildman–Crippen LogP) is 4.90. The second-order valence-electron chi connectivity index (χ2n) is 13.1. The van der Waals surface area contributed by atoms with Gasteiger partial charge in [0.1, 0.15) is 42.6 Å². The van der Waals surface area contributed by atoms with Crippen LogP contribution < -0.4 is 15.4 Å². The first-order chi connectivity index (χ1) is 23.1. The number of nitrogen functional groups attached to an aromatic ring is 1. The smallest absolute Gasteiger partial charge is 0.346 e. The predicted molar refractivity (Wildman–Crippen MR) is 173 cm³/mol. The zero-order valence-electron chi connectivity index (χ0n) is 25.4. The SMILES string of the molecule is Nc1nc2c(-c3c(Cl)cc4c(N5CC6(CCN6C(=O)n6cncn6)C5)nc(OC[C@@]56CCCN5C[C@H](F)C6)nc4c3F)ccc(F)c2s1. The molecule has 5 aromatic rings. The number of anilines is 2. The third-order valence-electron chi connectivity index (χ3n) is 10.3. The Labute approximate surface area is 280 Å². The van der Waals surface area contributed by atoms with Crippen LogP contribution in [-0.4, -0.2) is 102 Å². The second-order valence-corrected chi connectivity index (χ2v) is 14.5. The van der Waals surface area contributed by atoms with Crippen LogP contribution in [0.15, 0.2) is 30.9 Å². The Kier molecular flexibility index (Phi) is 6.59. The van der Waals surface area contributed by atoms with E-state index in [2.05, 4.69) is 25.0 Å². The highest BCUT2D eigenvalue weighted by atomic mass is 35.5. The Hall–Kier alpha value is -4.28. The standard InChI is InChI=1S/C31H28ClF3N10O2S/c32-19-8-18-23(22(35)21(19)17-2-3-20(34)25-24(17)39-27(36)48-25)40-28(47-13-30-4-1-6-43(30)10-16(33)9-30)41-26(18)42-11-31(12-42)5-7-44(31)29(46)45-15-37-14-38-45/h2-3,8,14-16H,1,4-7,9-13H2,(H2,36,39)/t16-,30+/m1/s1. The maximum absolute atomic E-state index is 16.8. The lowest BCUT2D eigenvalue weighted by molar-refractivity contribution is 0.000300. The Morgan fingerprint density at radius 1 is 1.15 bits per heavy atom. The lowest BCUT2D eigenvalue weighted by Crippen LogP contribution is -2.78. The first-order valence-electron chi connectivity index (χ1n) is 15.6. The summed E-state index contributed by atoms with van der Waals surface area (Å²) in [5.74, 6) is -0.883. The molecule has 7 heterocycles. The average molecular weight is 697 g/mol. The number of nitrogens with zero attached hydrogens (tertiary/aromatic N) is 9. The molecule has 0 aliphatic carbocycles. The number of carbonyl (C=O) groups excluding carboxylic acids is 1. The minimum Gasteiger partial charge on any atom is -0.461 e. The highest BCUT2D eigenvalue weighted by molar-refractivity contribution is 7.22. The van der Waals surface area contributed by atoms with Crippen molar-refractivity contribution in [1.29, 1.82) is 0 Å². The van der Waals surface area contributed by atoms with E-state index in [0.29, 0.717) is 43.8 Å². The van der Waals surface area contributed by atoms with Gasteiger partial charge in [0.05, 0.1) is 26.3 Å². The third kappa shape index (κ3) is 4.38. The fourth-order valence-corrected chi connectivity index (χ4v) is 9.02. The summed E-state index contributed by atoms with van der Waals surface area (Å²) in [7, 11) is 0. The highest BCUT2D eigenvalue weighted by Crippen LogP contribution is 2.47. The van der Waals surface area contributed by atoms with Crippen LogP contribution in [0.2, 0.25) is 5.02 Å². The van der Waals surface area contributed by atoms with E-state index in [1.54, 1.807) is 11.0 Å². The van der Waals surface area contributed by atoms with Crippen LogP contribution in [-0.2, 0) is 0 Å². The minimum atomic E-state index is -0.945. The van der Waals surface area contributed by atoms with Crippen LogP contribution in [0.25, 0.3) is 32.2 Å². The number of halogens is 4. The van der Waals surface area contributed by atoms with Crippen LogP contribution in [0.4, 0.5) is 28.9 Å². The van der Waals surface area contributed by atoms with Gasteiger partial charge in [-0.3, -0.25) is 4.90 Å². The highest BCUT2D eigenvalue weighted by Gasteiger charge is 2.57. The molecule has 4 saturated heterocycles. The van der Waals surface area contributed by atoms with Gasteiger partial charge in [0.2, 0.25) is 0 Å². The second kappa shape index (κ2) is 10.6. The number of carbonyl (C=O) groups is 1. The normalized spacial score (nSPS) is 23.2. The van der Waals surface area contributed by atoms with Crippen LogP contribution in [0, 0.1) is 11.6 Å². The van der Waals surface area contributed by atoms with Crippen molar-refractivity contribution in [2.45, 2.75) is 42.9 Å². The number of hydrogen-bond donors (Lipinski definition) is 1. The summed E-state index contributed by atoms with van der Waals surface area (Å²) >= 11 is 7.76. The molecule has 2 atom stereocenters. The van der Waals surface area contributed by atoms with Gasteiger partial charge in [-0.05, 0) is 44.0 Å². The monoisotopic (exact) mass is 696 g/mol. The molecule has 4 aliphatic heterocycles. The van der Waals surface area contributed by atoms with Gasteiger partial charge in [-0.1, -0.05) is 22.9 Å². The van der Waals surface area contributed by atoms with Crippen LogP contribution in [0.1, 0.15) is 25.7 Å². The maximum Gasteiger partial charge on any atom is 0.346 e. The molecular formula is C31H28ClF3N10O2S. The van der Waals surface area contributed by atoms with Gasteiger partial charge in [0, 0.05) is 49.1 Å². The van der Waals surface area contributed by atoms with Gasteiger partial charge in [-0.15, -0.1) is 0 Å². The molecule has 0 unspecified atom stereocenters. The molecule has 248 valence electrons. The molecule has 9 rings (SSSR count). The zero-order chi connectivity index (χ0) is 32.9. The maximum atomic E-state index is 16.8. The van der Waals surface area contributed by atoms with Gasteiger partial charge in [0.15, 0.2) is 10.9 Å². The summed E-state index contributed by atoms with van der Waals surface area (Å²) in [6.07, 6.45) is 4.57. The molecule has 0 saturated carbocycles. The summed E-state index contributed by atoms with van der Waals surface area (Å²) in [6, 6.07) is 3.91. The van der Waals surface area contributed by atoms with Crippen molar-refractivity contribution in [2.75, 3.05) is 50.0 Å². The average Bonchev–Trinajstić information content (AvgIpc) is 3.81. The zero-order valence-corrected chi connectivity index (χ0v) is 26.9. The van der Waals surface area contributed by atoms with E-state index in [1.807, 2.05) is 4.90 Å². The number of thiazole rings is 1. The van der Waals surface area contributed by atoms with Crippen molar-refractivity contribution in [2.24, 2.45) is 0 Å². The van der Waals surface area contributed by atoms with E-state index in [9.17, 15) is 13.6 Å². The first-order valence-corrected chi connectivity index (χ1v) is 16.8. The Balaban J connectivity index is 1.12. The molecule has 2 N–H and O–H groups in total. The Morgan fingerprint density at radius 2 is 2.00 bits per heavy atom. The number of nitrogens with two attached hydrogens (primary N) is 1. The molecule has 2 aromatic carbocycles. The number of ether oxygens (including phenoxy) is 1. The Bertz CT molecular complexity index is 2130. The minimum absolute atomic E-state index is 0.00429. The molecule has 0 bridgehead atoms. The number of aromatic nitrogens is 6. The van der Waals surface area contributed by atoms with Crippen LogP contribution in [0.5, 0.6) is 6.01 Å². The molecule has 4 aliphatic rings. The van der Waals surface area contributed by atoms with E-state index >= 15 is 4.39 Å². The van der Waals surface area contributed by atoms with E-state index in [4.69, 9.17) is 27.1 Å². The number of amides is 1. The first kappa shape index (κ1) is 29.8. The molecule has 1 spiro atoms. The summed E-state index contributed by atoms with van der Waals surface area (Å²) in [5.41, 5.74) is 5.40. The van der Waals surface area contributed by atoms with Crippen LogP contribution in [0.3, 0.4) is 0 Å². The van der Waals surface area contributed by atoms with Crippen molar-refractivity contribution < 1.29 is 22.7 Å². The van der Waals surface area contributed by atoms with Gasteiger partial charge in [0.25, 0.3) is 0 Å². The topological polar surface area (TPSA) is 131 Å². The number of hydrogen-bond acceptors (Lipinski definition) is 11. The summed E-state index contributed by atoms with van der Waals surface area (Å²) in [4.78, 5) is 36.4.